The minimum absolute atomic E-state index is 0.0404. The highest BCUT2D eigenvalue weighted by molar-refractivity contribution is 6.09. The fraction of sp³-hybridized carbons (Fsp3) is 0.303. The van der Waals surface area contributed by atoms with E-state index in [1.54, 1.807) is 13.3 Å². The van der Waals surface area contributed by atoms with E-state index in [2.05, 4.69) is 29.5 Å². The van der Waals surface area contributed by atoms with E-state index < -0.39 is 5.92 Å². The third-order valence-corrected chi connectivity index (χ3v) is 7.40. The van der Waals surface area contributed by atoms with Crippen molar-refractivity contribution in [1.82, 2.24) is 10.3 Å². The van der Waals surface area contributed by atoms with Gasteiger partial charge in [-0.25, -0.2) is 4.98 Å². The molecular weight excluding hydrogens is 502 g/mol. The van der Waals surface area contributed by atoms with Gasteiger partial charge in [-0.2, -0.15) is 0 Å². The summed E-state index contributed by atoms with van der Waals surface area (Å²) in [4.78, 5) is 31.8. The van der Waals surface area contributed by atoms with Crippen LogP contribution in [0.1, 0.15) is 56.2 Å². The summed E-state index contributed by atoms with van der Waals surface area (Å²) >= 11 is 0. The first kappa shape index (κ1) is 27.2. The highest BCUT2D eigenvalue weighted by Crippen LogP contribution is 2.48. The van der Waals surface area contributed by atoms with Crippen molar-refractivity contribution >= 4 is 17.5 Å². The fourth-order valence-corrected chi connectivity index (χ4v) is 5.58. The molecule has 0 bridgehead atoms. The lowest BCUT2D eigenvalue weighted by molar-refractivity contribution is -0.118. The number of aryl methyl sites for hydroxylation is 1. The summed E-state index contributed by atoms with van der Waals surface area (Å²) in [7, 11) is 1.59. The van der Waals surface area contributed by atoms with Crippen LogP contribution in [0.15, 0.2) is 89.4 Å². The molecule has 2 aromatic carbocycles. The number of ether oxygens (including phenoxy) is 2. The second-order valence-corrected chi connectivity index (χ2v) is 11.3. The Labute approximate surface area is 235 Å². The van der Waals surface area contributed by atoms with Crippen LogP contribution in [-0.4, -0.2) is 23.8 Å². The van der Waals surface area contributed by atoms with Gasteiger partial charge in [0.1, 0.15) is 12.4 Å². The number of ketones is 1. The molecule has 7 heteroatoms. The average Bonchev–Trinajstić information content (AvgIpc) is 2.90. The molecule has 206 valence electrons. The maximum atomic E-state index is 13.8. The fourth-order valence-electron chi connectivity index (χ4n) is 5.58. The maximum Gasteiger partial charge on any atom is 0.255 e. The van der Waals surface area contributed by atoms with Gasteiger partial charge < -0.3 is 20.1 Å². The molecule has 2 aliphatic rings. The van der Waals surface area contributed by atoms with E-state index in [0.29, 0.717) is 53.6 Å². The third kappa shape index (κ3) is 5.64. The van der Waals surface area contributed by atoms with Crippen LogP contribution in [0, 0.1) is 12.3 Å². The number of benzene rings is 2. The van der Waals surface area contributed by atoms with E-state index in [4.69, 9.17) is 9.47 Å². The number of anilines is 1. The van der Waals surface area contributed by atoms with Crippen molar-refractivity contribution in [2.45, 2.75) is 53.1 Å². The molecule has 40 heavy (non-hydrogen) atoms. The largest absolute Gasteiger partial charge is 0.493 e. The summed E-state index contributed by atoms with van der Waals surface area (Å²) in [5.74, 6) is 0.753. The predicted octanol–water partition coefficient (Wildman–Crippen LogP) is 6.22. The van der Waals surface area contributed by atoms with Gasteiger partial charge in [-0.15, -0.1) is 0 Å². The molecule has 7 nitrogen and oxygen atoms in total. The van der Waals surface area contributed by atoms with Crippen molar-refractivity contribution < 1.29 is 19.1 Å². The number of nitrogens with one attached hydrogen (secondary N) is 2. The number of pyridine rings is 1. The van der Waals surface area contributed by atoms with Crippen LogP contribution in [0.4, 0.5) is 5.82 Å². The summed E-state index contributed by atoms with van der Waals surface area (Å²) in [6, 6.07) is 19.2. The molecule has 0 unspecified atom stereocenters. The first-order valence-corrected chi connectivity index (χ1v) is 13.5. The summed E-state index contributed by atoms with van der Waals surface area (Å²) in [6.07, 6.45) is 2.79. The Kier molecular flexibility index (Phi) is 7.48. The zero-order valence-corrected chi connectivity index (χ0v) is 23.6. The number of carbonyl (C=O) groups excluding carboxylic acids is 2. The number of amides is 1. The van der Waals surface area contributed by atoms with Crippen molar-refractivity contribution in [3.63, 3.8) is 0 Å². The van der Waals surface area contributed by atoms with E-state index in [0.717, 1.165) is 22.4 Å². The van der Waals surface area contributed by atoms with Gasteiger partial charge in [-0.3, -0.25) is 9.59 Å². The quantitative estimate of drug-likeness (QED) is 0.372. The Morgan fingerprint density at radius 1 is 1.05 bits per heavy atom. The molecule has 0 radical (unpaired) electrons. The number of Topliss-reactive ketones (excluding diaryl/α,β-unsaturated/α-hetero) is 1. The molecular formula is C33H35N3O4. The standard InChI is InChI=1S/C33H35N3O4/c1-20-13-14-34-28(15-20)36-32(38)29-21(2)35-24-17-33(3,4)18-25(37)31(24)30(29)23-11-12-26(27(16-23)39-5)40-19-22-9-7-6-8-10-22/h6-16,30,35H,17-19H2,1-5H3,(H,34,36,38)/t30-/m0/s1. The molecule has 0 saturated carbocycles. The monoisotopic (exact) mass is 537 g/mol. The molecule has 1 aliphatic heterocycles. The zero-order chi connectivity index (χ0) is 28.4. The van der Waals surface area contributed by atoms with Crippen molar-refractivity contribution in [3.05, 3.63) is 106 Å². The first-order chi connectivity index (χ1) is 19.1. The zero-order valence-electron chi connectivity index (χ0n) is 23.6. The summed E-state index contributed by atoms with van der Waals surface area (Å²) < 4.78 is 11.8. The lowest BCUT2D eigenvalue weighted by atomic mass is 9.68. The molecule has 3 aromatic rings. The summed E-state index contributed by atoms with van der Waals surface area (Å²) in [5.41, 5.74) is 5.33. The number of allylic oxidation sites excluding steroid dienone is 3. The smallest absolute Gasteiger partial charge is 0.255 e. The first-order valence-electron chi connectivity index (χ1n) is 13.5. The normalized spacial score (nSPS) is 18.1. The second-order valence-electron chi connectivity index (χ2n) is 11.3. The molecule has 0 fully saturated rings. The highest BCUT2D eigenvalue weighted by Gasteiger charge is 2.43. The lowest BCUT2D eigenvalue weighted by Gasteiger charge is -2.39. The van der Waals surface area contributed by atoms with Gasteiger partial charge in [0.05, 0.1) is 7.11 Å². The van der Waals surface area contributed by atoms with Crippen LogP contribution in [0.5, 0.6) is 11.5 Å². The summed E-state index contributed by atoms with van der Waals surface area (Å²) in [5, 5.41) is 6.36. The number of aromatic nitrogens is 1. The van der Waals surface area contributed by atoms with Gasteiger partial charge >= 0.3 is 0 Å². The maximum absolute atomic E-state index is 13.8. The van der Waals surface area contributed by atoms with Crippen LogP contribution in [0.3, 0.4) is 0 Å². The Morgan fingerprint density at radius 2 is 1.82 bits per heavy atom. The number of carbonyl (C=O) groups is 2. The molecule has 0 saturated heterocycles. The van der Waals surface area contributed by atoms with E-state index in [9.17, 15) is 9.59 Å². The second kappa shape index (κ2) is 11.0. The van der Waals surface area contributed by atoms with E-state index >= 15 is 0 Å². The van der Waals surface area contributed by atoms with Crippen molar-refractivity contribution in [2.24, 2.45) is 5.41 Å². The van der Waals surface area contributed by atoms with Gasteiger partial charge in [0, 0.05) is 41.1 Å². The Morgan fingerprint density at radius 3 is 2.55 bits per heavy atom. The minimum Gasteiger partial charge on any atom is -0.493 e. The van der Waals surface area contributed by atoms with Gasteiger partial charge in [-0.05, 0) is 66.6 Å². The molecule has 2 N–H and O–H groups in total. The molecule has 0 spiro atoms. The van der Waals surface area contributed by atoms with Crippen LogP contribution in [0.2, 0.25) is 0 Å². The number of nitrogens with zero attached hydrogens (tertiary/aromatic N) is 1. The topological polar surface area (TPSA) is 89.5 Å². The molecule has 1 amide bonds. The highest BCUT2D eigenvalue weighted by atomic mass is 16.5. The van der Waals surface area contributed by atoms with E-state index in [1.165, 1.54) is 0 Å². The number of hydrogen-bond acceptors (Lipinski definition) is 6. The molecule has 2 heterocycles. The van der Waals surface area contributed by atoms with Crippen LogP contribution in [0.25, 0.3) is 0 Å². The number of dihydropyridines is 1. The lowest BCUT2D eigenvalue weighted by Crippen LogP contribution is -2.39. The molecule has 1 aliphatic carbocycles. The average molecular weight is 538 g/mol. The minimum atomic E-state index is -0.568. The Bertz CT molecular complexity index is 1520. The molecule has 5 rings (SSSR count). The summed E-state index contributed by atoms with van der Waals surface area (Å²) in [6.45, 7) is 8.41. The van der Waals surface area contributed by atoms with Crippen molar-refractivity contribution in [1.29, 1.82) is 0 Å². The van der Waals surface area contributed by atoms with Gasteiger partial charge in [0.15, 0.2) is 17.3 Å². The van der Waals surface area contributed by atoms with Crippen molar-refractivity contribution in [2.75, 3.05) is 12.4 Å². The van der Waals surface area contributed by atoms with Crippen molar-refractivity contribution in [3.8, 4) is 11.5 Å². The van der Waals surface area contributed by atoms with Crippen LogP contribution in [-0.2, 0) is 16.2 Å². The number of rotatable bonds is 7. The van der Waals surface area contributed by atoms with Crippen LogP contribution >= 0.6 is 0 Å². The van der Waals surface area contributed by atoms with Crippen LogP contribution < -0.4 is 20.1 Å². The number of hydrogen-bond donors (Lipinski definition) is 2. The van der Waals surface area contributed by atoms with Gasteiger partial charge in [0.2, 0.25) is 0 Å². The Hall–Kier alpha value is -4.39. The molecule has 1 aromatic heterocycles. The molecule has 1 atom stereocenters. The number of methoxy groups -OCH3 is 1. The van der Waals surface area contributed by atoms with E-state index in [1.807, 2.05) is 74.5 Å². The van der Waals surface area contributed by atoms with Gasteiger partial charge in [-0.1, -0.05) is 50.2 Å². The van der Waals surface area contributed by atoms with Gasteiger partial charge in [0.25, 0.3) is 5.91 Å². The Balaban J connectivity index is 1.55. The van der Waals surface area contributed by atoms with E-state index in [-0.39, 0.29) is 17.1 Å². The predicted molar refractivity (Wildman–Crippen MR) is 155 cm³/mol. The SMILES string of the molecule is COc1cc([C@H]2C(C(=O)Nc3cc(C)ccn3)=C(C)NC3=C2C(=O)CC(C)(C)C3)ccc1OCc1ccccc1. The third-order valence-electron chi connectivity index (χ3n) is 7.40.